The second-order valence-electron chi connectivity index (χ2n) is 9.32. The van der Waals surface area contributed by atoms with E-state index < -0.39 is 0 Å². The van der Waals surface area contributed by atoms with Gasteiger partial charge in [-0.1, -0.05) is 25.8 Å². The van der Waals surface area contributed by atoms with Crippen LogP contribution in [0.4, 0.5) is 0 Å². The highest BCUT2D eigenvalue weighted by Gasteiger charge is 2.57. The molecule has 3 aliphatic rings. The molecule has 3 aliphatic carbocycles. The highest BCUT2D eigenvalue weighted by Crippen LogP contribution is 2.63. The van der Waals surface area contributed by atoms with Crippen LogP contribution in [0.3, 0.4) is 0 Å². The van der Waals surface area contributed by atoms with Gasteiger partial charge in [-0.3, -0.25) is 0 Å². The predicted molar refractivity (Wildman–Crippen MR) is 107 cm³/mol. The number of alkyl halides is 1. The van der Waals surface area contributed by atoms with Crippen molar-refractivity contribution >= 4 is 11.6 Å². The number of aliphatic hydroxyl groups is 1. The molecule has 2 fully saturated rings. The summed E-state index contributed by atoms with van der Waals surface area (Å²) in [5.41, 5.74) is 2.95. The molecule has 0 bridgehead atoms. The third-order valence-electron chi connectivity index (χ3n) is 7.99. The molecule has 0 aliphatic heterocycles. The van der Waals surface area contributed by atoms with E-state index in [2.05, 4.69) is 13.0 Å². The maximum atomic E-state index is 10.8. The zero-order valence-corrected chi connectivity index (χ0v) is 16.7. The van der Waals surface area contributed by atoms with Crippen molar-refractivity contribution in [3.8, 4) is 5.75 Å². The highest BCUT2D eigenvalue weighted by molar-refractivity contribution is 6.17. The molecule has 0 aromatic heterocycles. The van der Waals surface area contributed by atoms with Gasteiger partial charge in [0, 0.05) is 5.88 Å². The van der Waals surface area contributed by atoms with E-state index in [0.717, 1.165) is 31.6 Å². The van der Waals surface area contributed by atoms with Crippen LogP contribution < -0.4 is 0 Å². The quantitative estimate of drug-likeness (QED) is 0.516. The zero-order chi connectivity index (χ0) is 18.3. The van der Waals surface area contributed by atoms with E-state index in [4.69, 9.17) is 11.6 Å². The molecule has 0 saturated heterocycles. The van der Waals surface area contributed by atoms with Crippen LogP contribution in [0.5, 0.6) is 5.75 Å². The minimum Gasteiger partial charge on any atom is -0.508 e. The summed E-state index contributed by atoms with van der Waals surface area (Å²) in [4.78, 5) is 0. The first kappa shape index (κ1) is 18.6. The normalized spacial score (nSPS) is 38.5. The lowest BCUT2D eigenvalue weighted by Gasteiger charge is -2.54. The fourth-order valence-corrected chi connectivity index (χ4v) is 7.00. The maximum absolute atomic E-state index is 10.8. The third-order valence-corrected chi connectivity index (χ3v) is 8.26. The van der Waals surface area contributed by atoms with Crippen molar-refractivity contribution in [1.29, 1.82) is 0 Å². The summed E-state index contributed by atoms with van der Waals surface area (Å²) in [6.45, 7) is 2.36. The van der Waals surface area contributed by atoms with Crippen LogP contribution in [0.25, 0.3) is 0 Å². The number of hydrogen-bond acceptors (Lipinski definition) is 2. The molecule has 2 saturated carbocycles. The molecule has 0 amide bonds. The number of fused-ring (bicyclic) bond motifs is 5. The molecule has 0 spiro atoms. The van der Waals surface area contributed by atoms with E-state index in [1.807, 2.05) is 12.1 Å². The molecule has 144 valence electrons. The van der Waals surface area contributed by atoms with E-state index in [0.29, 0.717) is 29.4 Å². The fraction of sp³-hybridized carbons (Fsp3) is 0.739. The second-order valence-corrected chi connectivity index (χ2v) is 9.70. The summed E-state index contributed by atoms with van der Waals surface area (Å²) >= 11 is 5.87. The summed E-state index contributed by atoms with van der Waals surface area (Å²) < 4.78 is 0. The summed E-state index contributed by atoms with van der Waals surface area (Å²) in [5, 5.41) is 20.7. The summed E-state index contributed by atoms with van der Waals surface area (Å²) in [5.74, 6) is 3.77. The summed E-state index contributed by atoms with van der Waals surface area (Å²) in [7, 11) is 0. The van der Waals surface area contributed by atoms with Crippen LogP contribution in [0.15, 0.2) is 18.2 Å². The average Bonchev–Trinajstić information content (AvgIpc) is 2.93. The molecule has 0 radical (unpaired) electrons. The first-order valence-electron chi connectivity index (χ1n) is 10.6. The maximum Gasteiger partial charge on any atom is 0.115 e. The Balaban J connectivity index is 1.65. The number of aliphatic hydroxyl groups excluding tert-OH is 1. The largest absolute Gasteiger partial charge is 0.508 e. The molecule has 3 heteroatoms. The van der Waals surface area contributed by atoms with Crippen molar-refractivity contribution in [3.05, 3.63) is 29.3 Å². The van der Waals surface area contributed by atoms with Crippen molar-refractivity contribution in [2.75, 3.05) is 5.88 Å². The number of phenols is 1. The molecule has 0 unspecified atom stereocenters. The molecule has 2 nitrogen and oxygen atoms in total. The Labute approximate surface area is 163 Å². The van der Waals surface area contributed by atoms with Crippen LogP contribution in [-0.2, 0) is 6.42 Å². The van der Waals surface area contributed by atoms with Gasteiger partial charge in [-0.05, 0) is 97.3 Å². The Bertz CT molecular complexity index is 645. The number of halogens is 1. The lowest BCUT2D eigenvalue weighted by molar-refractivity contribution is -0.0501. The molecule has 0 heterocycles. The van der Waals surface area contributed by atoms with Gasteiger partial charge in [0.25, 0.3) is 0 Å². The lowest BCUT2D eigenvalue weighted by atomic mass is 9.51. The minimum atomic E-state index is -0.125. The van der Waals surface area contributed by atoms with Gasteiger partial charge in [0.05, 0.1) is 6.10 Å². The van der Waals surface area contributed by atoms with Gasteiger partial charge >= 0.3 is 0 Å². The Morgan fingerprint density at radius 3 is 2.81 bits per heavy atom. The van der Waals surface area contributed by atoms with Crippen LogP contribution >= 0.6 is 11.6 Å². The van der Waals surface area contributed by atoms with Crippen molar-refractivity contribution in [3.63, 3.8) is 0 Å². The number of phenolic OH excluding ortho intramolecular Hbond substituents is 1. The van der Waals surface area contributed by atoms with E-state index in [1.165, 1.54) is 43.2 Å². The van der Waals surface area contributed by atoms with E-state index in [9.17, 15) is 10.2 Å². The lowest BCUT2D eigenvalue weighted by Crippen LogP contribution is -2.47. The highest BCUT2D eigenvalue weighted by atomic mass is 35.5. The smallest absolute Gasteiger partial charge is 0.115 e. The molecule has 2 N–H and O–H groups in total. The number of rotatable bonds is 5. The van der Waals surface area contributed by atoms with Gasteiger partial charge in [0.15, 0.2) is 0 Å². The van der Waals surface area contributed by atoms with Crippen LogP contribution in [0, 0.1) is 23.2 Å². The van der Waals surface area contributed by atoms with E-state index >= 15 is 0 Å². The first-order chi connectivity index (χ1) is 12.5. The Morgan fingerprint density at radius 1 is 1.15 bits per heavy atom. The second kappa shape index (κ2) is 7.36. The average molecular weight is 377 g/mol. The van der Waals surface area contributed by atoms with E-state index in [1.54, 1.807) is 0 Å². The molecular weight excluding hydrogens is 344 g/mol. The molecule has 26 heavy (non-hydrogen) atoms. The molecule has 1 aromatic carbocycles. The molecule has 1 aromatic rings. The third kappa shape index (κ3) is 3.07. The number of hydrogen-bond donors (Lipinski definition) is 2. The standard InChI is InChI=1S/C23H33ClO2/c1-23-14-16(5-3-2-4-12-24)22-18-9-7-17(25)13-15(18)6-8-19(22)20(23)10-11-21(23)26/h7,9,13,16,19-22,25-26H,2-6,8,10-12,14H2,1H3/t16-,19-,20-,21-,22+,23-/m0/s1. The molecule has 4 rings (SSSR count). The minimum absolute atomic E-state index is 0.104. The Morgan fingerprint density at radius 2 is 2.00 bits per heavy atom. The predicted octanol–water partition coefficient (Wildman–Crippen LogP) is 5.63. The van der Waals surface area contributed by atoms with Gasteiger partial charge in [-0.2, -0.15) is 0 Å². The van der Waals surface area contributed by atoms with Gasteiger partial charge < -0.3 is 10.2 Å². The molecular formula is C23H33ClO2. The summed E-state index contributed by atoms with van der Waals surface area (Å²) in [6, 6.07) is 6.07. The summed E-state index contributed by atoms with van der Waals surface area (Å²) in [6.07, 6.45) is 10.3. The molecule has 6 atom stereocenters. The van der Waals surface area contributed by atoms with E-state index in [-0.39, 0.29) is 11.5 Å². The fourth-order valence-electron chi connectivity index (χ4n) is 6.81. The van der Waals surface area contributed by atoms with Crippen molar-refractivity contribution in [2.24, 2.45) is 23.2 Å². The number of benzene rings is 1. The van der Waals surface area contributed by atoms with Crippen molar-refractivity contribution in [2.45, 2.75) is 76.7 Å². The van der Waals surface area contributed by atoms with Gasteiger partial charge in [-0.15, -0.1) is 11.6 Å². The Kier molecular flexibility index (Phi) is 5.27. The Hall–Kier alpha value is -0.730. The van der Waals surface area contributed by atoms with Crippen molar-refractivity contribution < 1.29 is 10.2 Å². The van der Waals surface area contributed by atoms with Gasteiger partial charge in [-0.25, -0.2) is 0 Å². The number of aryl methyl sites for hydroxylation is 1. The zero-order valence-electron chi connectivity index (χ0n) is 16.0. The topological polar surface area (TPSA) is 40.5 Å². The van der Waals surface area contributed by atoms with Gasteiger partial charge in [0.2, 0.25) is 0 Å². The van der Waals surface area contributed by atoms with Crippen LogP contribution in [0.2, 0.25) is 0 Å². The monoisotopic (exact) mass is 376 g/mol. The van der Waals surface area contributed by atoms with Gasteiger partial charge in [0.1, 0.15) is 5.75 Å². The number of aromatic hydroxyl groups is 1. The van der Waals surface area contributed by atoms with Crippen LogP contribution in [0.1, 0.15) is 75.3 Å². The SMILES string of the molecule is C[C@]12C[C@H](CCCCCCl)[C@@H]3c4ccc(O)cc4CC[C@H]3[C@@H]1CC[C@@H]2O. The van der Waals surface area contributed by atoms with Crippen LogP contribution in [-0.4, -0.2) is 22.2 Å². The number of unbranched alkanes of at least 4 members (excludes halogenated alkanes) is 2. The first-order valence-corrected chi connectivity index (χ1v) is 11.1. The van der Waals surface area contributed by atoms with Crippen molar-refractivity contribution in [1.82, 2.24) is 0 Å².